The standard InChI is InChI=1S/C14H14F2N2O2/c1-8-6-10(13(17)18-7-8)12(19)9-4-2-3-5-11(9)20-14(15)16/h2-7,12,14,19H,1H3,(H2,17,18). The molecule has 6 heteroatoms. The first-order valence-corrected chi connectivity index (χ1v) is 5.93. The maximum atomic E-state index is 12.4. The van der Waals surface area contributed by atoms with Crippen molar-refractivity contribution < 1.29 is 18.6 Å². The summed E-state index contributed by atoms with van der Waals surface area (Å²) in [6.45, 7) is -1.17. The molecule has 1 unspecified atom stereocenters. The molecule has 0 aliphatic heterocycles. The van der Waals surface area contributed by atoms with Crippen molar-refractivity contribution in [2.75, 3.05) is 5.73 Å². The average Bonchev–Trinajstić information content (AvgIpc) is 2.41. The maximum absolute atomic E-state index is 12.4. The minimum atomic E-state index is -2.96. The van der Waals surface area contributed by atoms with Crippen LogP contribution in [0.4, 0.5) is 14.6 Å². The number of ether oxygens (including phenoxy) is 1. The van der Waals surface area contributed by atoms with Crippen molar-refractivity contribution in [3.63, 3.8) is 0 Å². The number of pyridine rings is 1. The van der Waals surface area contributed by atoms with Gasteiger partial charge in [-0.2, -0.15) is 8.78 Å². The summed E-state index contributed by atoms with van der Waals surface area (Å²) in [6, 6.07) is 7.70. The van der Waals surface area contributed by atoms with E-state index in [9.17, 15) is 13.9 Å². The Hall–Kier alpha value is -2.21. The SMILES string of the molecule is Cc1cnc(N)c(C(O)c2ccccc2OC(F)F)c1. The number of halogens is 2. The summed E-state index contributed by atoms with van der Waals surface area (Å²) in [5, 5.41) is 10.3. The zero-order valence-electron chi connectivity index (χ0n) is 10.8. The van der Waals surface area contributed by atoms with Crippen molar-refractivity contribution in [1.82, 2.24) is 4.98 Å². The number of hydrogen-bond acceptors (Lipinski definition) is 4. The molecule has 0 bridgehead atoms. The van der Waals surface area contributed by atoms with Gasteiger partial charge in [0.15, 0.2) is 0 Å². The van der Waals surface area contributed by atoms with Crippen LogP contribution < -0.4 is 10.5 Å². The van der Waals surface area contributed by atoms with Crippen molar-refractivity contribution >= 4 is 5.82 Å². The van der Waals surface area contributed by atoms with Crippen molar-refractivity contribution in [3.05, 3.63) is 53.2 Å². The van der Waals surface area contributed by atoms with E-state index in [0.29, 0.717) is 5.56 Å². The van der Waals surface area contributed by atoms with E-state index in [2.05, 4.69) is 9.72 Å². The lowest BCUT2D eigenvalue weighted by molar-refractivity contribution is -0.0512. The van der Waals surface area contributed by atoms with E-state index in [-0.39, 0.29) is 17.1 Å². The molecular weight excluding hydrogens is 266 g/mol. The van der Waals surface area contributed by atoms with Crippen molar-refractivity contribution in [2.45, 2.75) is 19.6 Å². The summed E-state index contributed by atoms with van der Waals surface area (Å²) in [6.07, 6.45) is 0.380. The normalized spacial score (nSPS) is 12.4. The summed E-state index contributed by atoms with van der Waals surface area (Å²) >= 11 is 0. The smallest absolute Gasteiger partial charge is 0.387 e. The molecular formula is C14H14F2N2O2. The Labute approximate surface area is 114 Å². The van der Waals surface area contributed by atoms with Gasteiger partial charge in [0, 0.05) is 17.3 Å². The second-order valence-corrected chi connectivity index (χ2v) is 4.31. The monoisotopic (exact) mass is 280 g/mol. The minimum Gasteiger partial charge on any atom is -0.434 e. The molecule has 1 aromatic carbocycles. The molecule has 0 radical (unpaired) electrons. The number of benzene rings is 1. The number of aliphatic hydroxyl groups is 1. The number of nitrogens with two attached hydrogens (primary N) is 1. The number of hydrogen-bond donors (Lipinski definition) is 2. The molecule has 20 heavy (non-hydrogen) atoms. The summed E-state index contributed by atoms with van der Waals surface area (Å²) in [4.78, 5) is 3.94. The van der Waals surface area contributed by atoms with Crippen LogP contribution in [0.1, 0.15) is 22.8 Å². The van der Waals surface area contributed by atoms with Crippen LogP contribution in [0.5, 0.6) is 5.75 Å². The van der Waals surface area contributed by atoms with Gasteiger partial charge in [0.05, 0.1) is 0 Å². The van der Waals surface area contributed by atoms with Crippen molar-refractivity contribution in [2.24, 2.45) is 0 Å². The lowest BCUT2D eigenvalue weighted by atomic mass is 10.00. The quantitative estimate of drug-likeness (QED) is 0.903. The lowest BCUT2D eigenvalue weighted by Gasteiger charge is -2.17. The first kappa shape index (κ1) is 14.2. The number of aliphatic hydroxyl groups excluding tert-OH is 1. The number of para-hydroxylation sites is 1. The van der Waals surface area contributed by atoms with Crippen LogP contribution in [0.15, 0.2) is 36.5 Å². The van der Waals surface area contributed by atoms with Crippen LogP contribution in [-0.4, -0.2) is 16.7 Å². The average molecular weight is 280 g/mol. The fraction of sp³-hybridized carbons (Fsp3) is 0.214. The highest BCUT2D eigenvalue weighted by atomic mass is 19.3. The molecule has 3 N–H and O–H groups in total. The number of aryl methyl sites for hydroxylation is 1. The molecule has 2 aromatic rings. The first-order chi connectivity index (χ1) is 9.49. The van der Waals surface area contributed by atoms with Gasteiger partial charge >= 0.3 is 6.61 Å². The highest BCUT2D eigenvalue weighted by molar-refractivity contribution is 5.49. The summed E-state index contributed by atoms with van der Waals surface area (Å²) < 4.78 is 29.1. The Balaban J connectivity index is 2.42. The van der Waals surface area contributed by atoms with Crippen molar-refractivity contribution in [1.29, 1.82) is 0 Å². The second kappa shape index (κ2) is 5.83. The second-order valence-electron chi connectivity index (χ2n) is 4.31. The largest absolute Gasteiger partial charge is 0.434 e. The number of nitrogen functional groups attached to an aromatic ring is 1. The fourth-order valence-electron chi connectivity index (χ4n) is 1.90. The van der Waals surface area contributed by atoms with Crippen LogP contribution in [0, 0.1) is 6.92 Å². The van der Waals surface area contributed by atoms with E-state index in [0.717, 1.165) is 5.56 Å². The first-order valence-electron chi connectivity index (χ1n) is 5.93. The molecule has 0 saturated carbocycles. The highest BCUT2D eigenvalue weighted by Gasteiger charge is 2.20. The highest BCUT2D eigenvalue weighted by Crippen LogP contribution is 2.32. The van der Waals surface area contributed by atoms with Crippen LogP contribution >= 0.6 is 0 Å². The van der Waals surface area contributed by atoms with Crippen LogP contribution in [-0.2, 0) is 0 Å². The third kappa shape index (κ3) is 3.03. The Bertz CT molecular complexity index is 605. The molecule has 1 heterocycles. The number of aromatic nitrogens is 1. The molecule has 4 nitrogen and oxygen atoms in total. The lowest BCUT2D eigenvalue weighted by Crippen LogP contribution is -2.10. The molecule has 0 amide bonds. The van der Waals surface area contributed by atoms with Crippen molar-refractivity contribution in [3.8, 4) is 5.75 Å². The van der Waals surface area contributed by atoms with E-state index in [1.165, 1.54) is 12.1 Å². The van der Waals surface area contributed by atoms with E-state index in [1.807, 2.05) is 0 Å². The predicted molar refractivity (Wildman–Crippen MR) is 70.5 cm³/mol. The fourth-order valence-corrected chi connectivity index (χ4v) is 1.90. The Morgan fingerprint density at radius 1 is 1.25 bits per heavy atom. The van der Waals surface area contributed by atoms with Gasteiger partial charge in [0.2, 0.25) is 0 Å². The minimum absolute atomic E-state index is 0.0871. The molecule has 1 atom stereocenters. The van der Waals surface area contributed by atoms with Gasteiger partial charge in [0.1, 0.15) is 17.7 Å². The molecule has 106 valence electrons. The van der Waals surface area contributed by atoms with Gasteiger partial charge in [0.25, 0.3) is 0 Å². The molecule has 1 aromatic heterocycles. The number of nitrogens with zero attached hydrogens (tertiary/aromatic N) is 1. The van der Waals surface area contributed by atoms with Gasteiger partial charge in [-0.15, -0.1) is 0 Å². The molecule has 0 fully saturated rings. The maximum Gasteiger partial charge on any atom is 0.387 e. The molecule has 2 rings (SSSR count). The van der Waals surface area contributed by atoms with Gasteiger partial charge in [-0.05, 0) is 24.6 Å². The summed E-state index contributed by atoms with van der Waals surface area (Å²) in [7, 11) is 0. The molecule has 0 aliphatic rings. The third-order valence-corrected chi connectivity index (χ3v) is 2.81. The third-order valence-electron chi connectivity index (χ3n) is 2.81. The van der Waals surface area contributed by atoms with Gasteiger partial charge in [-0.1, -0.05) is 18.2 Å². The van der Waals surface area contributed by atoms with Crippen LogP contribution in [0.2, 0.25) is 0 Å². The molecule has 0 aliphatic carbocycles. The molecule has 0 saturated heterocycles. The summed E-state index contributed by atoms with van der Waals surface area (Å²) in [5.41, 5.74) is 7.10. The zero-order valence-corrected chi connectivity index (χ0v) is 10.8. The predicted octanol–water partition coefficient (Wildman–Crippen LogP) is 2.66. The zero-order chi connectivity index (χ0) is 14.7. The van der Waals surface area contributed by atoms with Gasteiger partial charge in [-0.3, -0.25) is 0 Å². The van der Waals surface area contributed by atoms with E-state index in [1.54, 1.807) is 31.3 Å². The van der Waals surface area contributed by atoms with Gasteiger partial charge < -0.3 is 15.6 Å². The molecule has 0 spiro atoms. The van der Waals surface area contributed by atoms with Crippen LogP contribution in [0.3, 0.4) is 0 Å². The number of rotatable bonds is 4. The number of anilines is 1. The Kier molecular flexibility index (Phi) is 4.14. The Morgan fingerprint density at radius 2 is 1.95 bits per heavy atom. The topological polar surface area (TPSA) is 68.4 Å². The van der Waals surface area contributed by atoms with Gasteiger partial charge in [-0.25, -0.2) is 4.98 Å². The Morgan fingerprint density at radius 3 is 2.65 bits per heavy atom. The van der Waals surface area contributed by atoms with E-state index in [4.69, 9.17) is 5.73 Å². The van der Waals surface area contributed by atoms with Crippen LogP contribution in [0.25, 0.3) is 0 Å². The summed E-state index contributed by atoms with van der Waals surface area (Å²) in [5.74, 6) is 0.0610. The van der Waals surface area contributed by atoms with E-state index < -0.39 is 12.7 Å². The number of alkyl halides is 2. The van der Waals surface area contributed by atoms with E-state index >= 15 is 0 Å².